The third-order valence-corrected chi connectivity index (χ3v) is 3.57. The summed E-state index contributed by atoms with van der Waals surface area (Å²) in [5, 5.41) is 8.64. The van der Waals surface area contributed by atoms with Crippen molar-refractivity contribution in [2.24, 2.45) is 0 Å². The first-order valence-electron chi connectivity index (χ1n) is 6.94. The lowest BCUT2D eigenvalue weighted by molar-refractivity contribution is -0.157. The molecular formula is C14H17N3O5. The summed E-state index contributed by atoms with van der Waals surface area (Å²) in [5.74, 6) is -2.54. The van der Waals surface area contributed by atoms with Crippen LogP contribution in [0.3, 0.4) is 0 Å². The molecule has 0 spiro atoms. The molecule has 0 bridgehead atoms. The molecule has 8 heteroatoms. The van der Waals surface area contributed by atoms with Crippen molar-refractivity contribution >= 4 is 17.8 Å². The Morgan fingerprint density at radius 1 is 1.05 bits per heavy atom. The van der Waals surface area contributed by atoms with Crippen LogP contribution in [0.15, 0.2) is 29.2 Å². The summed E-state index contributed by atoms with van der Waals surface area (Å²) in [7, 11) is 0. The maximum atomic E-state index is 12.1. The Morgan fingerprint density at radius 2 is 1.68 bits per heavy atom. The van der Waals surface area contributed by atoms with Gasteiger partial charge < -0.3 is 19.5 Å². The number of amides is 2. The van der Waals surface area contributed by atoms with E-state index in [9.17, 15) is 19.2 Å². The van der Waals surface area contributed by atoms with Crippen LogP contribution in [0.25, 0.3) is 0 Å². The van der Waals surface area contributed by atoms with Gasteiger partial charge in [-0.25, -0.2) is 4.79 Å². The van der Waals surface area contributed by atoms with E-state index in [2.05, 4.69) is 0 Å². The minimum atomic E-state index is -1.48. The van der Waals surface area contributed by atoms with E-state index in [0.29, 0.717) is 19.6 Å². The van der Waals surface area contributed by atoms with Gasteiger partial charge in [0.1, 0.15) is 0 Å². The summed E-state index contributed by atoms with van der Waals surface area (Å²) in [4.78, 5) is 48.3. The number of carbonyl (C=O) groups excluding carboxylic acids is 2. The summed E-state index contributed by atoms with van der Waals surface area (Å²) in [6.45, 7) is 1.33. The van der Waals surface area contributed by atoms with Crippen molar-refractivity contribution in [1.29, 1.82) is 0 Å². The number of aromatic nitrogens is 1. The van der Waals surface area contributed by atoms with Gasteiger partial charge in [-0.2, -0.15) is 0 Å². The highest BCUT2D eigenvalue weighted by atomic mass is 16.4. The highest BCUT2D eigenvalue weighted by Crippen LogP contribution is 2.05. The number of aliphatic carboxylic acids is 1. The Bertz CT molecular complexity index is 631. The molecule has 2 amide bonds. The summed E-state index contributed by atoms with van der Waals surface area (Å²) >= 11 is 0. The van der Waals surface area contributed by atoms with Crippen LogP contribution in [0.1, 0.15) is 6.42 Å². The number of rotatable bonds is 3. The molecule has 0 aromatic carbocycles. The minimum Gasteiger partial charge on any atom is -0.474 e. The zero-order valence-electron chi connectivity index (χ0n) is 12.0. The van der Waals surface area contributed by atoms with Gasteiger partial charge in [0, 0.05) is 51.4 Å². The lowest BCUT2D eigenvalue weighted by Gasteiger charge is -2.34. The number of aryl methyl sites for hydroxylation is 1. The van der Waals surface area contributed by atoms with Crippen molar-refractivity contribution in [3.8, 4) is 0 Å². The molecule has 0 aliphatic carbocycles. The number of nitrogens with zero attached hydrogens (tertiary/aromatic N) is 3. The predicted molar refractivity (Wildman–Crippen MR) is 76.1 cm³/mol. The van der Waals surface area contributed by atoms with Crippen LogP contribution in [-0.4, -0.2) is 63.4 Å². The standard InChI is InChI=1S/C14H17N3O5/c18-11-3-1-2-5-15(11)6-4-12(19)16-7-9-17(10-8-16)13(20)14(21)22/h1-3,5H,4,6-10H2,(H,21,22). The molecule has 22 heavy (non-hydrogen) atoms. The fourth-order valence-electron chi connectivity index (χ4n) is 2.31. The number of carboxylic acid groups (broad SMARTS) is 1. The SMILES string of the molecule is O=C(O)C(=O)N1CCN(C(=O)CCn2ccccc2=O)CC1. The largest absolute Gasteiger partial charge is 0.474 e. The van der Waals surface area contributed by atoms with Crippen LogP contribution in [0.2, 0.25) is 0 Å². The van der Waals surface area contributed by atoms with E-state index in [1.54, 1.807) is 23.2 Å². The van der Waals surface area contributed by atoms with Crippen molar-refractivity contribution in [3.63, 3.8) is 0 Å². The van der Waals surface area contributed by atoms with Crippen molar-refractivity contribution in [2.45, 2.75) is 13.0 Å². The van der Waals surface area contributed by atoms with E-state index in [4.69, 9.17) is 5.11 Å². The first-order chi connectivity index (χ1) is 10.5. The summed E-state index contributed by atoms with van der Waals surface area (Å²) in [6, 6.07) is 4.79. The molecule has 8 nitrogen and oxygen atoms in total. The van der Waals surface area contributed by atoms with Crippen molar-refractivity contribution in [3.05, 3.63) is 34.7 Å². The lowest BCUT2D eigenvalue weighted by atomic mass is 10.2. The van der Waals surface area contributed by atoms with Crippen LogP contribution in [0.5, 0.6) is 0 Å². The third-order valence-electron chi connectivity index (χ3n) is 3.57. The van der Waals surface area contributed by atoms with Gasteiger partial charge in [0.05, 0.1) is 0 Å². The van der Waals surface area contributed by atoms with E-state index in [-0.39, 0.29) is 31.0 Å². The smallest absolute Gasteiger partial charge is 0.394 e. The van der Waals surface area contributed by atoms with Crippen molar-refractivity contribution in [2.75, 3.05) is 26.2 Å². The van der Waals surface area contributed by atoms with Gasteiger partial charge in [0.2, 0.25) is 5.91 Å². The van der Waals surface area contributed by atoms with Gasteiger partial charge in [-0.15, -0.1) is 0 Å². The molecule has 1 saturated heterocycles. The van der Waals surface area contributed by atoms with E-state index >= 15 is 0 Å². The molecule has 0 radical (unpaired) electrons. The molecule has 1 aromatic heterocycles. The second-order valence-electron chi connectivity index (χ2n) is 4.96. The Hall–Kier alpha value is -2.64. The normalized spacial score (nSPS) is 14.7. The molecule has 1 N–H and O–H groups in total. The van der Waals surface area contributed by atoms with Crippen LogP contribution >= 0.6 is 0 Å². The summed E-state index contributed by atoms with van der Waals surface area (Å²) in [5.41, 5.74) is -0.160. The molecule has 0 atom stereocenters. The fraction of sp³-hybridized carbons (Fsp3) is 0.429. The molecule has 2 heterocycles. The van der Waals surface area contributed by atoms with Gasteiger partial charge in [0.25, 0.3) is 5.56 Å². The van der Waals surface area contributed by atoms with Gasteiger partial charge >= 0.3 is 11.9 Å². The third kappa shape index (κ3) is 3.72. The first-order valence-corrected chi connectivity index (χ1v) is 6.94. The van der Waals surface area contributed by atoms with Crippen LogP contribution in [0.4, 0.5) is 0 Å². The van der Waals surface area contributed by atoms with E-state index in [1.165, 1.54) is 15.5 Å². The molecule has 1 fully saturated rings. The second-order valence-corrected chi connectivity index (χ2v) is 4.96. The lowest BCUT2D eigenvalue weighted by Crippen LogP contribution is -2.52. The van der Waals surface area contributed by atoms with Crippen LogP contribution in [0, 0.1) is 0 Å². The number of hydrogen-bond donors (Lipinski definition) is 1. The van der Waals surface area contributed by atoms with Crippen LogP contribution < -0.4 is 5.56 Å². The van der Waals surface area contributed by atoms with E-state index < -0.39 is 11.9 Å². The van der Waals surface area contributed by atoms with Gasteiger partial charge in [-0.1, -0.05) is 6.07 Å². The first kappa shape index (κ1) is 15.7. The van der Waals surface area contributed by atoms with Crippen LogP contribution in [-0.2, 0) is 20.9 Å². The molecule has 1 aliphatic rings. The minimum absolute atomic E-state index is 0.113. The summed E-state index contributed by atoms with van der Waals surface area (Å²) in [6.07, 6.45) is 1.82. The number of hydrogen-bond acceptors (Lipinski definition) is 4. The average molecular weight is 307 g/mol. The van der Waals surface area contributed by atoms with Crippen molar-refractivity contribution in [1.82, 2.24) is 14.4 Å². The molecule has 2 rings (SSSR count). The highest BCUT2D eigenvalue weighted by Gasteiger charge is 2.27. The molecular weight excluding hydrogens is 290 g/mol. The Balaban J connectivity index is 1.83. The molecule has 0 saturated carbocycles. The Kier molecular flexibility index (Phi) is 4.92. The predicted octanol–water partition coefficient (Wildman–Crippen LogP) is -1.01. The number of pyridine rings is 1. The maximum Gasteiger partial charge on any atom is 0.394 e. The topological polar surface area (TPSA) is 99.9 Å². The highest BCUT2D eigenvalue weighted by molar-refractivity contribution is 6.31. The van der Waals surface area contributed by atoms with Crippen molar-refractivity contribution < 1.29 is 19.5 Å². The molecule has 0 unspecified atom stereocenters. The van der Waals surface area contributed by atoms with Gasteiger partial charge in [-0.3, -0.25) is 14.4 Å². The Labute approximate surface area is 126 Å². The number of carbonyl (C=O) groups is 3. The van der Waals surface area contributed by atoms with Gasteiger partial charge in [0.15, 0.2) is 0 Å². The number of piperazine rings is 1. The zero-order valence-corrected chi connectivity index (χ0v) is 12.0. The quantitative estimate of drug-likeness (QED) is 0.722. The zero-order chi connectivity index (χ0) is 16.1. The maximum absolute atomic E-state index is 12.1. The average Bonchev–Trinajstić information content (AvgIpc) is 2.53. The van der Waals surface area contributed by atoms with E-state index in [1.807, 2.05) is 0 Å². The molecule has 1 aliphatic heterocycles. The fourth-order valence-corrected chi connectivity index (χ4v) is 2.31. The summed E-state index contributed by atoms with van der Waals surface area (Å²) < 4.78 is 1.46. The molecule has 1 aromatic rings. The molecule has 118 valence electrons. The van der Waals surface area contributed by atoms with Gasteiger partial charge in [-0.05, 0) is 6.07 Å². The number of carboxylic acids is 1. The second kappa shape index (κ2) is 6.88. The van der Waals surface area contributed by atoms with E-state index in [0.717, 1.165) is 0 Å². The monoisotopic (exact) mass is 307 g/mol. The Morgan fingerprint density at radius 3 is 2.27 bits per heavy atom.